The van der Waals surface area contributed by atoms with Crippen molar-refractivity contribution in [3.63, 3.8) is 0 Å². The molecule has 0 aromatic rings. The van der Waals surface area contributed by atoms with Crippen LogP contribution in [0.1, 0.15) is 20.3 Å². The summed E-state index contributed by atoms with van der Waals surface area (Å²) in [4.78, 5) is 0. The lowest BCUT2D eigenvalue weighted by atomic mass is 10.4. The topological polar surface area (TPSA) is 18.5 Å². The normalized spacial score (nSPS) is 38.2. The third-order valence-electron chi connectivity index (χ3n) is 1.23. The first-order valence-corrected chi connectivity index (χ1v) is 3.10. The first kappa shape index (κ1) is 6.05. The van der Waals surface area contributed by atoms with Crippen molar-refractivity contribution in [1.29, 1.82) is 0 Å². The van der Waals surface area contributed by atoms with E-state index in [9.17, 15) is 0 Å². The quantitative estimate of drug-likeness (QED) is 0.511. The first-order chi connectivity index (χ1) is 3.83. The van der Waals surface area contributed by atoms with Gasteiger partial charge in [-0.2, -0.15) is 0 Å². The number of rotatable bonds is 1. The van der Waals surface area contributed by atoms with Crippen LogP contribution in [0.15, 0.2) is 0 Å². The number of ether oxygens (including phenoxy) is 2. The van der Waals surface area contributed by atoms with Crippen LogP contribution in [0.3, 0.4) is 0 Å². The summed E-state index contributed by atoms with van der Waals surface area (Å²) in [6.45, 7) is 4.84. The molecule has 2 unspecified atom stereocenters. The van der Waals surface area contributed by atoms with Crippen molar-refractivity contribution in [3.05, 3.63) is 0 Å². The van der Waals surface area contributed by atoms with Crippen LogP contribution in [0, 0.1) is 0 Å². The maximum atomic E-state index is 5.29. The Morgan fingerprint density at radius 2 is 2.38 bits per heavy atom. The molecule has 0 aromatic heterocycles. The second-order valence-corrected chi connectivity index (χ2v) is 2.12. The highest BCUT2D eigenvalue weighted by Gasteiger charge is 2.19. The van der Waals surface area contributed by atoms with Gasteiger partial charge in [0.05, 0.1) is 12.7 Å². The van der Waals surface area contributed by atoms with E-state index in [-0.39, 0.29) is 6.29 Å². The van der Waals surface area contributed by atoms with Crippen LogP contribution in [-0.4, -0.2) is 19.0 Å². The van der Waals surface area contributed by atoms with Gasteiger partial charge >= 0.3 is 0 Å². The highest BCUT2D eigenvalue weighted by Crippen LogP contribution is 2.12. The fourth-order valence-electron chi connectivity index (χ4n) is 0.795. The van der Waals surface area contributed by atoms with Crippen LogP contribution in [-0.2, 0) is 9.47 Å². The highest BCUT2D eigenvalue weighted by atomic mass is 16.7. The molecule has 8 heavy (non-hydrogen) atoms. The molecule has 0 aliphatic carbocycles. The molecule has 0 N–H and O–H groups in total. The van der Waals surface area contributed by atoms with E-state index in [2.05, 4.69) is 6.92 Å². The molecule has 1 aliphatic rings. The van der Waals surface area contributed by atoms with Crippen molar-refractivity contribution in [3.8, 4) is 0 Å². The summed E-state index contributed by atoms with van der Waals surface area (Å²) in [5, 5.41) is 0. The molecule has 1 heterocycles. The predicted molar refractivity (Wildman–Crippen MR) is 30.6 cm³/mol. The lowest BCUT2D eigenvalue weighted by Gasteiger charge is -2.03. The van der Waals surface area contributed by atoms with Gasteiger partial charge in [-0.25, -0.2) is 0 Å². The molecule has 0 saturated carbocycles. The van der Waals surface area contributed by atoms with E-state index in [1.54, 1.807) is 0 Å². The van der Waals surface area contributed by atoms with Gasteiger partial charge < -0.3 is 9.47 Å². The van der Waals surface area contributed by atoms with Gasteiger partial charge in [0.2, 0.25) is 0 Å². The van der Waals surface area contributed by atoms with E-state index in [1.165, 1.54) is 0 Å². The zero-order chi connectivity index (χ0) is 5.98. The van der Waals surface area contributed by atoms with E-state index in [1.807, 2.05) is 6.92 Å². The van der Waals surface area contributed by atoms with Crippen LogP contribution in [0.5, 0.6) is 0 Å². The molecule has 0 radical (unpaired) electrons. The van der Waals surface area contributed by atoms with Gasteiger partial charge in [0, 0.05) is 0 Å². The van der Waals surface area contributed by atoms with E-state index >= 15 is 0 Å². The van der Waals surface area contributed by atoms with Gasteiger partial charge in [0.25, 0.3) is 0 Å². The van der Waals surface area contributed by atoms with E-state index < -0.39 is 0 Å². The molecule has 2 nitrogen and oxygen atoms in total. The smallest absolute Gasteiger partial charge is 0.157 e. The van der Waals surface area contributed by atoms with Gasteiger partial charge in [-0.05, 0) is 13.3 Å². The standard InChI is InChI=1S/C6H12O2/c1-3-6-7-4-5(2)8-6/h5-6H,3-4H2,1-2H3. The van der Waals surface area contributed by atoms with E-state index in [0.717, 1.165) is 13.0 Å². The minimum Gasteiger partial charge on any atom is -0.350 e. The zero-order valence-corrected chi connectivity index (χ0v) is 5.39. The van der Waals surface area contributed by atoms with Gasteiger partial charge in [-0.1, -0.05) is 6.92 Å². The van der Waals surface area contributed by atoms with E-state index in [0.29, 0.717) is 6.10 Å². The van der Waals surface area contributed by atoms with Crippen molar-refractivity contribution in [2.45, 2.75) is 32.7 Å². The van der Waals surface area contributed by atoms with Crippen LogP contribution in [0.2, 0.25) is 0 Å². The molecular weight excluding hydrogens is 104 g/mol. The fourth-order valence-corrected chi connectivity index (χ4v) is 0.795. The van der Waals surface area contributed by atoms with E-state index in [4.69, 9.17) is 9.47 Å². The van der Waals surface area contributed by atoms with Crippen LogP contribution in [0.4, 0.5) is 0 Å². The molecule has 0 amide bonds. The van der Waals surface area contributed by atoms with Crippen LogP contribution >= 0.6 is 0 Å². The van der Waals surface area contributed by atoms with Crippen LogP contribution < -0.4 is 0 Å². The molecule has 2 heteroatoms. The average Bonchev–Trinajstić information content (AvgIpc) is 2.14. The third-order valence-corrected chi connectivity index (χ3v) is 1.23. The predicted octanol–water partition coefficient (Wildman–Crippen LogP) is 1.16. The maximum absolute atomic E-state index is 5.29. The van der Waals surface area contributed by atoms with Gasteiger partial charge in [-0.15, -0.1) is 0 Å². The Morgan fingerprint density at radius 1 is 1.62 bits per heavy atom. The Balaban J connectivity index is 2.22. The fraction of sp³-hybridized carbons (Fsp3) is 1.00. The Bertz CT molecular complexity index is 72.9. The van der Waals surface area contributed by atoms with Crippen molar-refractivity contribution < 1.29 is 9.47 Å². The SMILES string of the molecule is CCC1OCC(C)O1. The highest BCUT2D eigenvalue weighted by molar-refractivity contribution is 4.57. The molecule has 0 aromatic carbocycles. The van der Waals surface area contributed by atoms with Gasteiger partial charge in [0.1, 0.15) is 0 Å². The monoisotopic (exact) mass is 116 g/mol. The molecule has 1 rings (SSSR count). The Morgan fingerprint density at radius 3 is 2.62 bits per heavy atom. The molecule has 0 spiro atoms. The molecule has 1 fully saturated rings. The second kappa shape index (κ2) is 2.46. The molecule has 1 saturated heterocycles. The summed E-state index contributed by atoms with van der Waals surface area (Å²) in [7, 11) is 0. The van der Waals surface area contributed by atoms with Crippen molar-refractivity contribution in [2.24, 2.45) is 0 Å². The largest absolute Gasteiger partial charge is 0.350 e. The summed E-state index contributed by atoms with van der Waals surface area (Å²) in [6, 6.07) is 0. The molecular formula is C6H12O2. The maximum Gasteiger partial charge on any atom is 0.157 e. The number of hydrogen-bond donors (Lipinski definition) is 0. The minimum atomic E-state index is 0.0741. The summed E-state index contributed by atoms with van der Waals surface area (Å²) in [5.41, 5.74) is 0. The van der Waals surface area contributed by atoms with Crippen molar-refractivity contribution >= 4 is 0 Å². The van der Waals surface area contributed by atoms with Gasteiger partial charge in [0.15, 0.2) is 6.29 Å². The van der Waals surface area contributed by atoms with Crippen molar-refractivity contribution in [2.75, 3.05) is 6.61 Å². The first-order valence-electron chi connectivity index (χ1n) is 3.10. The Kier molecular flexibility index (Phi) is 1.86. The van der Waals surface area contributed by atoms with Crippen LogP contribution in [0.25, 0.3) is 0 Å². The lowest BCUT2D eigenvalue weighted by molar-refractivity contribution is -0.0557. The molecule has 0 bridgehead atoms. The summed E-state index contributed by atoms with van der Waals surface area (Å²) >= 11 is 0. The summed E-state index contributed by atoms with van der Waals surface area (Å²) in [6.07, 6.45) is 1.34. The van der Waals surface area contributed by atoms with Crippen molar-refractivity contribution in [1.82, 2.24) is 0 Å². The average molecular weight is 116 g/mol. The zero-order valence-electron chi connectivity index (χ0n) is 5.39. The Hall–Kier alpha value is -0.0800. The molecule has 2 atom stereocenters. The third kappa shape index (κ3) is 1.20. The second-order valence-electron chi connectivity index (χ2n) is 2.12. The minimum absolute atomic E-state index is 0.0741. The number of hydrogen-bond acceptors (Lipinski definition) is 2. The summed E-state index contributed by atoms with van der Waals surface area (Å²) in [5.74, 6) is 0. The molecule has 48 valence electrons. The Labute approximate surface area is 49.8 Å². The van der Waals surface area contributed by atoms with Gasteiger partial charge in [-0.3, -0.25) is 0 Å². The lowest BCUT2D eigenvalue weighted by Crippen LogP contribution is -2.06. The summed E-state index contributed by atoms with van der Waals surface area (Å²) < 4.78 is 10.5. The molecule has 1 aliphatic heterocycles.